The molecule has 0 spiro atoms. The smallest absolute Gasteiger partial charge is 0.306 e. The van der Waals surface area contributed by atoms with E-state index in [-0.39, 0.29) is 24.8 Å². The Morgan fingerprint density at radius 3 is 2.36 bits per heavy atom. The van der Waals surface area contributed by atoms with Crippen molar-refractivity contribution in [1.82, 2.24) is 5.32 Å². The molecule has 0 aromatic carbocycles. The Kier molecular flexibility index (Phi) is 5.87. The van der Waals surface area contributed by atoms with E-state index in [1.807, 2.05) is 0 Å². The molecule has 0 aliphatic heterocycles. The number of carboxylic acids is 1. The summed E-state index contributed by atoms with van der Waals surface area (Å²) in [5.74, 6) is -1.13. The van der Waals surface area contributed by atoms with Gasteiger partial charge in [-0.1, -0.05) is 13.8 Å². The lowest BCUT2D eigenvalue weighted by atomic mass is 10.2. The number of rotatable bonds is 6. The van der Waals surface area contributed by atoms with E-state index in [4.69, 9.17) is 9.84 Å². The first-order valence-corrected chi connectivity index (χ1v) is 4.49. The molecule has 0 fully saturated rings. The van der Waals surface area contributed by atoms with Gasteiger partial charge in [0.25, 0.3) is 0 Å². The highest BCUT2D eigenvalue weighted by molar-refractivity contribution is 5.77. The molecule has 0 saturated heterocycles. The molecule has 0 aliphatic carbocycles. The van der Waals surface area contributed by atoms with E-state index in [1.54, 1.807) is 13.8 Å². The monoisotopic (exact) mass is 203 g/mol. The molecule has 0 saturated carbocycles. The Morgan fingerprint density at radius 1 is 1.43 bits per heavy atom. The highest BCUT2D eigenvalue weighted by atomic mass is 16.5. The molecule has 2 N–H and O–H groups in total. The molecule has 5 nitrogen and oxygen atoms in total. The first-order chi connectivity index (χ1) is 6.47. The number of carbonyl (C=O) groups is 2. The van der Waals surface area contributed by atoms with E-state index in [0.717, 1.165) is 0 Å². The van der Waals surface area contributed by atoms with Gasteiger partial charge in [-0.25, -0.2) is 0 Å². The van der Waals surface area contributed by atoms with Crippen LogP contribution in [0.4, 0.5) is 0 Å². The molecule has 1 atom stereocenters. The van der Waals surface area contributed by atoms with Gasteiger partial charge >= 0.3 is 5.97 Å². The number of carbonyl (C=O) groups excluding carboxylic acids is 1. The Labute approximate surface area is 83.4 Å². The topological polar surface area (TPSA) is 75.6 Å². The van der Waals surface area contributed by atoms with E-state index in [0.29, 0.717) is 0 Å². The quantitative estimate of drug-likeness (QED) is 0.648. The highest BCUT2D eigenvalue weighted by Crippen LogP contribution is 1.97. The van der Waals surface area contributed by atoms with E-state index < -0.39 is 12.1 Å². The molecule has 0 rings (SSSR count). The van der Waals surface area contributed by atoms with E-state index >= 15 is 0 Å². The minimum absolute atomic E-state index is 0.0996. The van der Waals surface area contributed by atoms with Crippen LogP contribution in [0.25, 0.3) is 0 Å². The molecular weight excluding hydrogens is 186 g/mol. The molecule has 0 heterocycles. The van der Waals surface area contributed by atoms with Crippen LogP contribution < -0.4 is 5.32 Å². The van der Waals surface area contributed by atoms with Crippen molar-refractivity contribution in [2.45, 2.75) is 26.4 Å². The van der Waals surface area contributed by atoms with E-state index in [9.17, 15) is 9.59 Å². The van der Waals surface area contributed by atoms with Crippen molar-refractivity contribution in [3.05, 3.63) is 0 Å². The summed E-state index contributed by atoms with van der Waals surface area (Å²) in [7, 11) is 1.43. The Hall–Kier alpha value is -1.10. The number of ether oxygens (including phenoxy) is 1. The maximum Gasteiger partial charge on any atom is 0.306 e. The first-order valence-electron chi connectivity index (χ1n) is 4.49. The van der Waals surface area contributed by atoms with Crippen molar-refractivity contribution in [1.29, 1.82) is 0 Å². The minimum atomic E-state index is -0.935. The van der Waals surface area contributed by atoms with Crippen molar-refractivity contribution >= 4 is 11.9 Å². The molecule has 0 radical (unpaired) electrons. The molecule has 1 unspecified atom stereocenters. The fourth-order valence-corrected chi connectivity index (χ4v) is 0.852. The van der Waals surface area contributed by atoms with Crippen LogP contribution in [0.5, 0.6) is 0 Å². The normalized spacial score (nSPS) is 12.6. The third-order valence-corrected chi connectivity index (χ3v) is 1.76. The minimum Gasteiger partial charge on any atom is -0.481 e. The first kappa shape index (κ1) is 12.9. The molecule has 14 heavy (non-hydrogen) atoms. The van der Waals surface area contributed by atoms with Gasteiger partial charge in [0.2, 0.25) is 5.91 Å². The van der Waals surface area contributed by atoms with Gasteiger partial charge in [0, 0.05) is 19.6 Å². The molecule has 0 aromatic heterocycles. The summed E-state index contributed by atoms with van der Waals surface area (Å²) in [5.41, 5.74) is 0. The second-order valence-electron chi connectivity index (χ2n) is 3.36. The van der Waals surface area contributed by atoms with Gasteiger partial charge in [-0.05, 0) is 0 Å². The molecule has 82 valence electrons. The van der Waals surface area contributed by atoms with Crippen LogP contribution in [0, 0.1) is 5.92 Å². The average Bonchev–Trinajstić information content (AvgIpc) is 2.10. The van der Waals surface area contributed by atoms with Gasteiger partial charge in [-0.3, -0.25) is 9.59 Å². The summed E-state index contributed by atoms with van der Waals surface area (Å²) in [5, 5.41) is 11.1. The van der Waals surface area contributed by atoms with Crippen LogP contribution in [0.3, 0.4) is 0 Å². The van der Waals surface area contributed by atoms with E-state index in [1.165, 1.54) is 7.11 Å². The standard InChI is InChI=1S/C9H17NO4/c1-6(2)9(13)10-5-7(14-3)4-8(11)12/h6-7H,4-5H2,1-3H3,(H,10,13)(H,11,12). The number of nitrogens with one attached hydrogen (secondary N) is 1. The Bertz CT molecular complexity index is 203. The third kappa shape index (κ3) is 5.53. The summed E-state index contributed by atoms with van der Waals surface area (Å²) in [4.78, 5) is 21.5. The van der Waals surface area contributed by atoms with Gasteiger partial charge in [0.1, 0.15) is 0 Å². The molecule has 0 aromatic rings. The number of methoxy groups -OCH3 is 1. The second-order valence-corrected chi connectivity index (χ2v) is 3.36. The summed E-state index contributed by atoms with van der Waals surface area (Å²) < 4.78 is 4.90. The number of aliphatic carboxylic acids is 1. The van der Waals surface area contributed by atoms with Gasteiger partial charge in [0.15, 0.2) is 0 Å². The molecule has 0 aliphatic rings. The van der Waals surface area contributed by atoms with Crippen LogP contribution >= 0.6 is 0 Å². The summed E-state index contributed by atoms with van der Waals surface area (Å²) in [6.07, 6.45) is -0.565. The average molecular weight is 203 g/mol. The van der Waals surface area contributed by atoms with Crippen molar-refractivity contribution < 1.29 is 19.4 Å². The maximum absolute atomic E-state index is 11.1. The number of hydrogen-bond donors (Lipinski definition) is 2. The summed E-state index contributed by atoms with van der Waals surface area (Å²) in [6.45, 7) is 3.78. The number of carboxylic acid groups (broad SMARTS) is 1. The van der Waals surface area contributed by atoms with Gasteiger partial charge in [-0.2, -0.15) is 0 Å². The Morgan fingerprint density at radius 2 is 2.00 bits per heavy atom. The van der Waals surface area contributed by atoms with Crippen LogP contribution in [-0.4, -0.2) is 36.7 Å². The second kappa shape index (κ2) is 6.37. The number of amides is 1. The highest BCUT2D eigenvalue weighted by Gasteiger charge is 2.14. The van der Waals surface area contributed by atoms with Crippen LogP contribution in [0.2, 0.25) is 0 Å². The number of hydrogen-bond acceptors (Lipinski definition) is 3. The van der Waals surface area contributed by atoms with Crippen molar-refractivity contribution in [3.8, 4) is 0 Å². The maximum atomic E-state index is 11.1. The van der Waals surface area contributed by atoms with Crippen molar-refractivity contribution in [3.63, 3.8) is 0 Å². The van der Waals surface area contributed by atoms with Crippen LogP contribution in [-0.2, 0) is 14.3 Å². The zero-order valence-corrected chi connectivity index (χ0v) is 8.74. The van der Waals surface area contributed by atoms with Gasteiger partial charge < -0.3 is 15.2 Å². The molecular formula is C9H17NO4. The summed E-state index contributed by atoms with van der Waals surface area (Å²) in [6, 6.07) is 0. The zero-order chi connectivity index (χ0) is 11.1. The van der Waals surface area contributed by atoms with Crippen LogP contribution in [0.15, 0.2) is 0 Å². The van der Waals surface area contributed by atoms with Gasteiger partial charge in [0.05, 0.1) is 12.5 Å². The molecule has 1 amide bonds. The predicted molar refractivity (Wildman–Crippen MR) is 50.9 cm³/mol. The van der Waals surface area contributed by atoms with E-state index in [2.05, 4.69) is 5.32 Å². The lowest BCUT2D eigenvalue weighted by Crippen LogP contribution is -2.36. The SMILES string of the molecule is COC(CNC(=O)C(C)C)CC(=O)O. The fraction of sp³-hybridized carbons (Fsp3) is 0.778. The van der Waals surface area contributed by atoms with Gasteiger partial charge in [-0.15, -0.1) is 0 Å². The van der Waals surface area contributed by atoms with Crippen molar-refractivity contribution in [2.24, 2.45) is 5.92 Å². The molecule has 0 bridgehead atoms. The summed E-state index contributed by atoms with van der Waals surface area (Å²) >= 11 is 0. The van der Waals surface area contributed by atoms with Crippen LogP contribution in [0.1, 0.15) is 20.3 Å². The fourth-order valence-electron chi connectivity index (χ4n) is 0.852. The zero-order valence-electron chi connectivity index (χ0n) is 8.74. The Balaban J connectivity index is 3.83. The largest absolute Gasteiger partial charge is 0.481 e. The lowest BCUT2D eigenvalue weighted by molar-refractivity contribution is -0.140. The third-order valence-electron chi connectivity index (χ3n) is 1.76. The lowest BCUT2D eigenvalue weighted by Gasteiger charge is -2.14. The molecule has 5 heteroatoms. The van der Waals surface area contributed by atoms with Crippen molar-refractivity contribution in [2.75, 3.05) is 13.7 Å². The predicted octanol–water partition coefficient (Wildman–Crippen LogP) is 0.248.